The molecular formula is C24H23NO4. The third-order valence-corrected chi connectivity index (χ3v) is 4.55. The number of ether oxygens (including phenoxy) is 2. The van der Waals surface area contributed by atoms with Crippen LogP contribution in [0.1, 0.15) is 27.5 Å². The summed E-state index contributed by atoms with van der Waals surface area (Å²) in [6.45, 7) is 0.270. The molecule has 0 saturated heterocycles. The summed E-state index contributed by atoms with van der Waals surface area (Å²) >= 11 is 0. The van der Waals surface area contributed by atoms with Crippen LogP contribution in [0.15, 0.2) is 84.9 Å². The van der Waals surface area contributed by atoms with Crippen LogP contribution in [0.25, 0.3) is 0 Å². The average molecular weight is 389 g/mol. The highest BCUT2D eigenvalue weighted by molar-refractivity contribution is 5.94. The van der Waals surface area contributed by atoms with Crippen molar-refractivity contribution in [2.75, 3.05) is 7.11 Å². The minimum atomic E-state index is -0.834. The van der Waals surface area contributed by atoms with Crippen molar-refractivity contribution >= 4 is 12.2 Å². The van der Waals surface area contributed by atoms with E-state index < -0.39 is 12.1 Å². The fourth-order valence-electron chi connectivity index (χ4n) is 2.96. The van der Waals surface area contributed by atoms with Gasteiger partial charge in [0.25, 0.3) is 5.91 Å². The van der Waals surface area contributed by atoms with Gasteiger partial charge in [0.1, 0.15) is 11.9 Å². The Kier molecular flexibility index (Phi) is 7.14. The summed E-state index contributed by atoms with van der Waals surface area (Å²) in [6.07, 6.45) is -0.102. The highest BCUT2D eigenvalue weighted by Gasteiger charge is 2.26. The molecule has 0 saturated carbocycles. The molecule has 0 radical (unpaired) electrons. The molecule has 0 aliphatic rings. The van der Waals surface area contributed by atoms with E-state index in [4.69, 9.17) is 9.47 Å². The van der Waals surface area contributed by atoms with E-state index >= 15 is 0 Å². The van der Waals surface area contributed by atoms with Crippen LogP contribution >= 0.6 is 0 Å². The number of hydrogen-bond acceptors (Lipinski definition) is 4. The summed E-state index contributed by atoms with van der Waals surface area (Å²) in [5.74, 6) is 0.370. The number of nitrogens with one attached hydrogen (secondary N) is 1. The maximum atomic E-state index is 12.8. The second-order valence-corrected chi connectivity index (χ2v) is 6.49. The highest BCUT2D eigenvalue weighted by atomic mass is 16.5. The van der Waals surface area contributed by atoms with Crippen molar-refractivity contribution in [3.8, 4) is 5.75 Å². The molecule has 3 aromatic rings. The number of hydrogen-bond donors (Lipinski definition) is 1. The van der Waals surface area contributed by atoms with Crippen molar-refractivity contribution in [2.45, 2.75) is 18.8 Å². The van der Waals surface area contributed by atoms with Crippen LogP contribution in [0.4, 0.5) is 0 Å². The SMILES string of the molecule is COc1ccc(C(=O)N[C@@H](c2ccccc2)[C@H](C=O)OCc2ccccc2)cc1. The molecule has 0 spiro atoms. The Morgan fingerprint density at radius 3 is 2.14 bits per heavy atom. The molecule has 0 fully saturated rings. The van der Waals surface area contributed by atoms with E-state index in [1.54, 1.807) is 31.4 Å². The first-order valence-corrected chi connectivity index (χ1v) is 9.32. The Balaban J connectivity index is 1.79. The van der Waals surface area contributed by atoms with Gasteiger partial charge in [-0.25, -0.2) is 0 Å². The first kappa shape index (κ1) is 20.3. The van der Waals surface area contributed by atoms with E-state index in [1.165, 1.54) is 0 Å². The molecule has 0 aliphatic heterocycles. The minimum absolute atomic E-state index is 0.270. The molecule has 0 aromatic heterocycles. The fraction of sp³-hybridized carbons (Fsp3) is 0.167. The van der Waals surface area contributed by atoms with Crippen LogP contribution in [-0.2, 0) is 16.1 Å². The highest BCUT2D eigenvalue weighted by Crippen LogP contribution is 2.21. The van der Waals surface area contributed by atoms with Crippen LogP contribution < -0.4 is 10.1 Å². The van der Waals surface area contributed by atoms with Crippen molar-refractivity contribution < 1.29 is 19.1 Å². The molecule has 1 amide bonds. The molecule has 3 aromatic carbocycles. The maximum Gasteiger partial charge on any atom is 0.251 e. The zero-order valence-corrected chi connectivity index (χ0v) is 16.2. The molecule has 148 valence electrons. The second kappa shape index (κ2) is 10.2. The predicted molar refractivity (Wildman–Crippen MR) is 111 cm³/mol. The van der Waals surface area contributed by atoms with Gasteiger partial charge in [0.05, 0.1) is 19.8 Å². The van der Waals surface area contributed by atoms with Gasteiger partial charge in [-0.2, -0.15) is 0 Å². The molecule has 2 atom stereocenters. The molecule has 0 aliphatic carbocycles. The number of carbonyl (C=O) groups is 2. The smallest absolute Gasteiger partial charge is 0.251 e. The summed E-state index contributed by atoms with van der Waals surface area (Å²) in [6, 6.07) is 25.1. The number of rotatable bonds is 9. The minimum Gasteiger partial charge on any atom is -0.497 e. The molecule has 5 heteroatoms. The number of methoxy groups -OCH3 is 1. The van der Waals surface area contributed by atoms with E-state index in [1.807, 2.05) is 60.7 Å². The van der Waals surface area contributed by atoms with Crippen molar-refractivity contribution in [2.24, 2.45) is 0 Å². The average Bonchev–Trinajstić information content (AvgIpc) is 2.80. The Morgan fingerprint density at radius 1 is 0.931 bits per heavy atom. The third-order valence-electron chi connectivity index (χ3n) is 4.55. The van der Waals surface area contributed by atoms with Gasteiger partial charge >= 0.3 is 0 Å². The van der Waals surface area contributed by atoms with E-state index in [0.29, 0.717) is 11.3 Å². The van der Waals surface area contributed by atoms with Crippen LogP contribution in [0.5, 0.6) is 5.75 Å². The van der Waals surface area contributed by atoms with Crippen LogP contribution in [0, 0.1) is 0 Å². The number of carbonyl (C=O) groups excluding carboxylic acids is 2. The largest absolute Gasteiger partial charge is 0.497 e. The fourth-order valence-corrected chi connectivity index (χ4v) is 2.96. The zero-order valence-electron chi connectivity index (χ0n) is 16.2. The Hall–Kier alpha value is -3.44. The summed E-state index contributed by atoms with van der Waals surface area (Å²) in [5.41, 5.74) is 2.21. The molecule has 3 rings (SSSR count). The van der Waals surface area contributed by atoms with Gasteiger partial charge in [0.2, 0.25) is 0 Å². The van der Waals surface area contributed by atoms with Crippen molar-refractivity contribution in [3.05, 3.63) is 102 Å². The molecule has 0 heterocycles. The van der Waals surface area contributed by atoms with Gasteiger partial charge < -0.3 is 19.6 Å². The normalized spacial score (nSPS) is 12.6. The van der Waals surface area contributed by atoms with Crippen LogP contribution in [0.3, 0.4) is 0 Å². The zero-order chi connectivity index (χ0) is 20.5. The lowest BCUT2D eigenvalue weighted by Crippen LogP contribution is -2.38. The standard InChI is InChI=1S/C24H23NO4/c1-28-21-14-12-20(13-15-21)24(27)25-23(19-10-6-3-7-11-19)22(16-26)29-17-18-8-4-2-5-9-18/h2-16,22-23H,17H2,1H3,(H,25,27)/t22-,23-/m0/s1. The summed E-state index contributed by atoms with van der Waals surface area (Å²) in [5, 5.41) is 2.94. The first-order chi connectivity index (χ1) is 14.2. The Bertz CT molecular complexity index is 911. The van der Waals surface area contributed by atoms with Crippen LogP contribution in [-0.4, -0.2) is 25.4 Å². The van der Waals surface area contributed by atoms with Crippen LogP contribution in [0.2, 0.25) is 0 Å². The summed E-state index contributed by atoms with van der Waals surface area (Å²) in [4.78, 5) is 24.6. The molecular weight excluding hydrogens is 366 g/mol. The van der Waals surface area contributed by atoms with E-state index in [-0.39, 0.29) is 12.5 Å². The lowest BCUT2D eigenvalue weighted by molar-refractivity contribution is -0.120. The lowest BCUT2D eigenvalue weighted by Gasteiger charge is -2.25. The number of aldehydes is 1. The number of amides is 1. The van der Waals surface area contributed by atoms with Gasteiger partial charge in [0, 0.05) is 5.56 Å². The molecule has 29 heavy (non-hydrogen) atoms. The predicted octanol–water partition coefficient (Wildman–Crippen LogP) is 3.95. The molecule has 0 bridgehead atoms. The van der Waals surface area contributed by atoms with Gasteiger partial charge in [-0.15, -0.1) is 0 Å². The quantitative estimate of drug-likeness (QED) is 0.563. The molecule has 1 N–H and O–H groups in total. The van der Waals surface area contributed by atoms with E-state index in [2.05, 4.69) is 5.32 Å². The van der Waals surface area contributed by atoms with E-state index in [9.17, 15) is 9.59 Å². The molecule has 5 nitrogen and oxygen atoms in total. The molecule has 0 unspecified atom stereocenters. The van der Waals surface area contributed by atoms with Gasteiger partial charge in [-0.3, -0.25) is 4.79 Å². The van der Waals surface area contributed by atoms with Gasteiger partial charge in [0.15, 0.2) is 6.29 Å². The van der Waals surface area contributed by atoms with Gasteiger partial charge in [-0.1, -0.05) is 60.7 Å². The third kappa shape index (κ3) is 5.53. The van der Waals surface area contributed by atoms with Crippen molar-refractivity contribution in [3.63, 3.8) is 0 Å². The lowest BCUT2D eigenvalue weighted by atomic mass is 10.0. The van der Waals surface area contributed by atoms with Crippen molar-refractivity contribution in [1.82, 2.24) is 5.32 Å². The Labute approximate surface area is 170 Å². The number of benzene rings is 3. The summed E-state index contributed by atoms with van der Waals surface area (Å²) < 4.78 is 11.0. The maximum absolute atomic E-state index is 12.8. The Morgan fingerprint density at radius 2 is 1.55 bits per heavy atom. The topological polar surface area (TPSA) is 64.6 Å². The van der Waals surface area contributed by atoms with Crippen molar-refractivity contribution in [1.29, 1.82) is 0 Å². The second-order valence-electron chi connectivity index (χ2n) is 6.49. The first-order valence-electron chi connectivity index (χ1n) is 9.32. The monoisotopic (exact) mass is 389 g/mol. The summed E-state index contributed by atoms with van der Waals surface area (Å²) in [7, 11) is 1.57. The van der Waals surface area contributed by atoms with E-state index in [0.717, 1.165) is 17.4 Å². The van der Waals surface area contributed by atoms with Gasteiger partial charge in [-0.05, 0) is 35.4 Å².